The molecule has 2 amide bonds. The van der Waals surface area contributed by atoms with Crippen LogP contribution in [0.3, 0.4) is 0 Å². The van der Waals surface area contributed by atoms with Gasteiger partial charge in [-0.05, 0) is 30.3 Å². The van der Waals surface area contributed by atoms with Crippen LogP contribution in [-0.4, -0.2) is 53.8 Å². The molecule has 2 aromatic rings. The van der Waals surface area contributed by atoms with E-state index in [1.165, 1.54) is 12.1 Å². The summed E-state index contributed by atoms with van der Waals surface area (Å²) in [5.74, 6) is -1.44. The Kier molecular flexibility index (Phi) is 5.48. The summed E-state index contributed by atoms with van der Waals surface area (Å²) in [6.07, 6.45) is -3.03. The molecule has 1 aliphatic heterocycles. The van der Waals surface area contributed by atoms with E-state index in [0.717, 1.165) is 6.07 Å². The number of nitrogens with two attached hydrogens (primary N) is 2. The normalized spacial score (nSPS) is 14.6. The van der Waals surface area contributed by atoms with Crippen molar-refractivity contribution >= 4 is 23.5 Å². The number of carbonyl (C=O) groups excluding carboxylic acids is 2. The lowest BCUT2D eigenvalue weighted by Crippen LogP contribution is -2.56. The number of H-pyrrole nitrogens is 1. The molecule has 3 rings (SSSR count). The summed E-state index contributed by atoms with van der Waals surface area (Å²) in [6.45, 7) is 1.00. The SMILES string of the molecule is NC(=[NH2+])NC(=O)c1ccc(N2CCN(C(=O)c3ccc[nH]3)CC2)c(C(F)(F)F)c1. The van der Waals surface area contributed by atoms with Crippen LogP contribution < -0.4 is 21.4 Å². The van der Waals surface area contributed by atoms with Crippen molar-refractivity contribution in [3.05, 3.63) is 53.3 Å². The molecule has 0 radical (unpaired) electrons. The molecule has 0 saturated carbocycles. The van der Waals surface area contributed by atoms with Gasteiger partial charge in [-0.25, -0.2) is 5.32 Å². The van der Waals surface area contributed by atoms with Crippen molar-refractivity contribution in [3.63, 3.8) is 0 Å². The second-order valence-electron chi connectivity index (χ2n) is 6.50. The van der Waals surface area contributed by atoms with Crippen molar-refractivity contribution in [1.29, 1.82) is 0 Å². The number of halogens is 3. The molecule has 2 heterocycles. The van der Waals surface area contributed by atoms with Gasteiger partial charge in [0.05, 0.1) is 11.1 Å². The Bertz CT molecular complexity index is 918. The molecule has 1 saturated heterocycles. The van der Waals surface area contributed by atoms with Crippen molar-refractivity contribution < 1.29 is 28.2 Å². The fourth-order valence-corrected chi connectivity index (χ4v) is 3.17. The smallest absolute Gasteiger partial charge is 0.367 e. The number of anilines is 1. The lowest BCUT2D eigenvalue weighted by Gasteiger charge is -2.37. The van der Waals surface area contributed by atoms with Gasteiger partial charge in [0.1, 0.15) is 5.69 Å². The molecule has 0 aliphatic carbocycles. The van der Waals surface area contributed by atoms with Crippen LogP contribution in [0.2, 0.25) is 0 Å². The van der Waals surface area contributed by atoms with Gasteiger partial charge in [-0.3, -0.25) is 20.7 Å². The van der Waals surface area contributed by atoms with E-state index in [9.17, 15) is 22.8 Å². The van der Waals surface area contributed by atoms with Crippen LogP contribution in [0.5, 0.6) is 0 Å². The van der Waals surface area contributed by atoms with Crippen LogP contribution in [0.25, 0.3) is 0 Å². The molecule has 29 heavy (non-hydrogen) atoms. The predicted molar refractivity (Wildman–Crippen MR) is 98.9 cm³/mol. The average molecular weight is 409 g/mol. The summed E-state index contributed by atoms with van der Waals surface area (Å²) >= 11 is 0. The van der Waals surface area contributed by atoms with Crippen molar-refractivity contribution in [2.45, 2.75) is 6.18 Å². The molecule has 0 unspecified atom stereocenters. The molecular formula is C18H20F3N6O2+. The zero-order valence-corrected chi connectivity index (χ0v) is 15.3. The first kappa shape index (κ1) is 20.2. The molecule has 11 heteroatoms. The van der Waals surface area contributed by atoms with Gasteiger partial charge in [-0.15, -0.1) is 0 Å². The third-order valence-corrected chi connectivity index (χ3v) is 4.56. The van der Waals surface area contributed by atoms with E-state index < -0.39 is 23.6 Å². The highest BCUT2D eigenvalue weighted by Gasteiger charge is 2.37. The second kappa shape index (κ2) is 7.86. The monoisotopic (exact) mass is 409 g/mol. The Labute approximate surface area is 164 Å². The summed E-state index contributed by atoms with van der Waals surface area (Å²) in [7, 11) is 0. The molecule has 8 nitrogen and oxygen atoms in total. The first-order valence-electron chi connectivity index (χ1n) is 8.75. The number of amides is 2. The van der Waals surface area contributed by atoms with Crippen LogP contribution in [0, 0.1) is 0 Å². The molecule has 0 spiro atoms. The maximum atomic E-state index is 13.6. The summed E-state index contributed by atoms with van der Waals surface area (Å²) in [5.41, 5.74) is 4.40. The van der Waals surface area contributed by atoms with E-state index in [-0.39, 0.29) is 43.3 Å². The Hall–Kier alpha value is -3.50. The van der Waals surface area contributed by atoms with Crippen molar-refractivity contribution in [3.8, 4) is 0 Å². The first-order valence-corrected chi connectivity index (χ1v) is 8.75. The third kappa shape index (κ3) is 4.50. The van der Waals surface area contributed by atoms with E-state index in [1.807, 2.05) is 0 Å². The van der Waals surface area contributed by atoms with Crippen LogP contribution >= 0.6 is 0 Å². The van der Waals surface area contributed by atoms with Crippen LogP contribution in [0.15, 0.2) is 36.5 Å². The Balaban J connectivity index is 1.79. The van der Waals surface area contributed by atoms with Gasteiger partial charge in [0.25, 0.3) is 5.91 Å². The maximum Gasteiger partial charge on any atom is 0.418 e. The molecular weight excluding hydrogens is 389 g/mol. The standard InChI is InChI=1S/C18H19F3N6O2/c19-18(20,21)12-10-11(15(28)25-17(22)23)3-4-14(12)26-6-8-27(9-7-26)16(29)13-2-1-5-24-13/h1-5,10,24H,6-9H2,(H4,22,23,25,28)/p+1. The molecule has 0 bridgehead atoms. The van der Waals surface area contributed by atoms with Crippen LogP contribution in [0.1, 0.15) is 26.4 Å². The van der Waals surface area contributed by atoms with Gasteiger partial charge in [0.2, 0.25) is 0 Å². The average Bonchev–Trinajstić information content (AvgIpc) is 3.20. The number of alkyl halides is 3. The Morgan fingerprint density at radius 2 is 1.83 bits per heavy atom. The van der Waals surface area contributed by atoms with Gasteiger partial charge in [0, 0.05) is 38.1 Å². The minimum absolute atomic E-state index is 0.0503. The fraction of sp³-hybridized carbons (Fsp3) is 0.278. The molecule has 0 atom stereocenters. The zero-order valence-electron chi connectivity index (χ0n) is 15.3. The summed E-state index contributed by atoms with van der Waals surface area (Å²) < 4.78 is 40.9. The first-order chi connectivity index (χ1) is 13.7. The van der Waals surface area contributed by atoms with Crippen molar-refractivity contribution in [2.24, 2.45) is 5.73 Å². The quantitative estimate of drug-likeness (QED) is 0.415. The molecule has 1 aromatic carbocycles. The summed E-state index contributed by atoms with van der Waals surface area (Å²) in [6, 6.07) is 6.63. The van der Waals surface area contributed by atoms with E-state index in [0.29, 0.717) is 5.69 Å². The third-order valence-electron chi connectivity index (χ3n) is 4.56. The Morgan fingerprint density at radius 3 is 2.38 bits per heavy atom. The number of piperazine rings is 1. The van der Waals surface area contributed by atoms with E-state index >= 15 is 0 Å². The highest BCUT2D eigenvalue weighted by atomic mass is 19.4. The topological polar surface area (TPSA) is 120 Å². The second-order valence-corrected chi connectivity index (χ2v) is 6.50. The number of hydrogen-bond acceptors (Lipinski definition) is 3. The van der Waals surface area contributed by atoms with Crippen molar-refractivity contribution in [1.82, 2.24) is 15.2 Å². The Morgan fingerprint density at radius 1 is 1.14 bits per heavy atom. The summed E-state index contributed by atoms with van der Waals surface area (Å²) in [5, 5.41) is 7.25. The number of aromatic amines is 1. The van der Waals surface area contributed by atoms with E-state index in [2.05, 4.69) is 10.3 Å². The van der Waals surface area contributed by atoms with Crippen molar-refractivity contribution in [2.75, 3.05) is 31.1 Å². The fourth-order valence-electron chi connectivity index (χ4n) is 3.17. The van der Waals surface area contributed by atoms with Crippen LogP contribution in [-0.2, 0) is 6.18 Å². The molecule has 1 fully saturated rings. The van der Waals surface area contributed by atoms with Gasteiger partial charge in [-0.2, -0.15) is 13.2 Å². The number of rotatable bonds is 3. The highest BCUT2D eigenvalue weighted by molar-refractivity contribution is 6.04. The maximum absolute atomic E-state index is 13.6. The molecule has 1 aromatic heterocycles. The van der Waals surface area contributed by atoms with Gasteiger partial charge in [0.15, 0.2) is 0 Å². The van der Waals surface area contributed by atoms with Gasteiger partial charge < -0.3 is 14.8 Å². The number of hydrogen-bond donors (Lipinski definition) is 4. The lowest BCUT2D eigenvalue weighted by molar-refractivity contribution is -0.137. The highest BCUT2D eigenvalue weighted by Crippen LogP contribution is 2.37. The minimum Gasteiger partial charge on any atom is -0.367 e. The minimum atomic E-state index is -4.67. The zero-order chi connectivity index (χ0) is 21.2. The lowest BCUT2D eigenvalue weighted by atomic mass is 10.1. The molecule has 1 aliphatic rings. The molecule has 154 valence electrons. The predicted octanol–water partition coefficient (Wildman–Crippen LogP) is -0.200. The number of carbonyl (C=O) groups is 2. The van der Waals surface area contributed by atoms with Crippen LogP contribution in [0.4, 0.5) is 18.9 Å². The largest absolute Gasteiger partial charge is 0.418 e. The number of nitrogens with zero attached hydrogens (tertiary/aromatic N) is 2. The molecule has 6 N–H and O–H groups in total. The number of aromatic nitrogens is 1. The number of benzene rings is 1. The van der Waals surface area contributed by atoms with Gasteiger partial charge >= 0.3 is 18.0 Å². The van der Waals surface area contributed by atoms with E-state index in [4.69, 9.17) is 11.1 Å². The van der Waals surface area contributed by atoms with Gasteiger partial charge in [-0.1, -0.05) is 0 Å². The summed E-state index contributed by atoms with van der Waals surface area (Å²) in [4.78, 5) is 30.3. The van der Waals surface area contributed by atoms with E-state index in [1.54, 1.807) is 28.1 Å². The number of nitrogens with one attached hydrogen (secondary N) is 2. The number of guanidine groups is 1.